The minimum atomic E-state index is -1.12. The zero-order valence-electron chi connectivity index (χ0n) is 39.0. The Hall–Kier alpha value is -2.68. The number of carbonyl (C=O) groups is 1. The van der Waals surface area contributed by atoms with Crippen LogP contribution >= 0.6 is 0 Å². The molecule has 5 rings (SSSR count). The smallest absolute Gasteiger partial charge is 0.311 e. The Morgan fingerprint density at radius 3 is 2.21 bits per heavy atom. The molecule has 17 atom stereocenters. The normalized spacial score (nSPS) is 41.1. The van der Waals surface area contributed by atoms with Crippen molar-refractivity contribution in [2.75, 3.05) is 48.5 Å². The van der Waals surface area contributed by atoms with Crippen molar-refractivity contribution in [3.05, 3.63) is 36.3 Å². The number of aliphatic hydroxyl groups excluding tert-OH is 3. The van der Waals surface area contributed by atoms with Crippen LogP contribution in [0.2, 0.25) is 0 Å². The summed E-state index contributed by atoms with van der Waals surface area (Å²) in [5, 5.41) is 43.5. The number of esters is 1. The second-order valence-corrected chi connectivity index (χ2v) is 19.0. The first-order valence-electron chi connectivity index (χ1n) is 22.1. The van der Waals surface area contributed by atoms with Crippen LogP contribution in [0.25, 0.3) is 11.3 Å². The first-order valence-corrected chi connectivity index (χ1v) is 22.1. The summed E-state index contributed by atoms with van der Waals surface area (Å²) >= 11 is 0. The van der Waals surface area contributed by atoms with Crippen molar-refractivity contribution in [3.63, 3.8) is 0 Å². The molecular weight excluding hydrogens is 806 g/mol. The van der Waals surface area contributed by atoms with Gasteiger partial charge in [-0.1, -0.05) is 26.0 Å². The molecule has 0 bridgehead atoms. The molecule has 3 saturated heterocycles. The molecule has 1 aromatic heterocycles. The van der Waals surface area contributed by atoms with Crippen molar-refractivity contribution >= 4 is 5.97 Å². The molecule has 4 heterocycles. The fraction of sp³-hybridized carbons (Fsp3) is 0.800. The Morgan fingerprint density at radius 1 is 0.919 bits per heavy atom. The lowest BCUT2D eigenvalue weighted by Gasteiger charge is -2.49. The number of hydrogen-bond donors (Lipinski definition) is 3. The van der Waals surface area contributed by atoms with Gasteiger partial charge < -0.3 is 53.4 Å². The molecule has 16 nitrogen and oxygen atoms in total. The van der Waals surface area contributed by atoms with Gasteiger partial charge in [0, 0.05) is 44.7 Å². The molecule has 3 aliphatic heterocycles. The van der Waals surface area contributed by atoms with Crippen molar-refractivity contribution in [3.8, 4) is 11.3 Å². The van der Waals surface area contributed by atoms with Crippen LogP contribution in [-0.2, 0) is 44.5 Å². The maximum Gasteiger partial charge on any atom is 0.311 e. The summed E-state index contributed by atoms with van der Waals surface area (Å²) in [5.41, 5.74) is -0.863. The molecule has 0 radical (unpaired) electrons. The first-order chi connectivity index (χ1) is 29.1. The monoisotopic (exact) mass is 880 g/mol. The van der Waals surface area contributed by atoms with Gasteiger partial charge in [-0.2, -0.15) is 0 Å². The zero-order chi connectivity index (χ0) is 45.8. The molecule has 0 aliphatic carbocycles. The van der Waals surface area contributed by atoms with Crippen molar-refractivity contribution in [2.24, 2.45) is 23.7 Å². The molecule has 2 aromatic rings. The van der Waals surface area contributed by atoms with Gasteiger partial charge in [0.1, 0.15) is 30.3 Å². The van der Waals surface area contributed by atoms with Gasteiger partial charge in [0.2, 0.25) is 0 Å². The Balaban J connectivity index is 1.54. The summed E-state index contributed by atoms with van der Waals surface area (Å²) in [6.45, 7) is 15.7. The van der Waals surface area contributed by atoms with Gasteiger partial charge in [0.15, 0.2) is 12.6 Å². The predicted octanol–water partition coefficient (Wildman–Crippen LogP) is 3.74. The number of nitrogens with zero attached hydrogens (tertiary/aromatic N) is 5. The van der Waals surface area contributed by atoms with Gasteiger partial charge in [-0.3, -0.25) is 14.4 Å². The summed E-state index contributed by atoms with van der Waals surface area (Å²) in [5.74, 6) is -3.00. The van der Waals surface area contributed by atoms with E-state index in [0.717, 1.165) is 0 Å². The van der Waals surface area contributed by atoms with E-state index in [2.05, 4.69) is 10.3 Å². The van der Waals surface area contributed by atoms with E-state index in [1.807, 2.05) is 65.6 Å². The van der Waals surface area contributed by atoms with Gasteiger partial charge in [-0.15, -0.1) is 5.10 Å². The van der Waals surface area contributed by atoms with Gasteiger partial charge in [0.05, 0.1) is 66.4 Å². The molecule has 0 saturated carbocycles. The van der Waals surface area contributed by atoms with Crippen LogP contribution in [0.1, 0.15) is 74.7 Å². The highest BCUT2D eigenvalue weighted by molar-refractivity contribution is 5.72. The van der Waals surface area contributed by atoms with Crippen LogP contribution < -0.4 is 0 Å². The topological polar surface area (TPSA) is 180 Å². The molecule has 3 fully saturated rings. The lowest BCUT2D eigenvalue weighted by Crippen LogP contribution is -2.61. The maximum absolute atomic E-state index is 14.5. The van der Waals surface area contributed by atoms with Crippen LogP contribution in [0.3, 0.4) is 0 Å². The standard InChI is InChI=1S/C45H74FN5O11/c1-25-19-45(8,57-13)41(62-43-38(53)35(49(9)10)18-27(3)59-43)28(4)39(61-36-20-44(7,56-12)40(54)30(6)60-36)29(5)42(55)58-24-33(50(11)21-26(2)37(25)52)22-51-23-34(47-48-51)31-14-16-32(46)17-15-31/h14-17,23,25-30,33,35-41,43,52-54H,18-22,24H2,1-13H3/t25-,26-,27-,28+,29-,30+,33-,35+,36+,37+,38-,39+,40+,41-,43+,44-,45-/m1/s1. The van der Waals surface area contributed by atoms with Crippen molar-refractivity contribution in [2.45, 2.75) is 160 Å². The molecule has 0 spiro atoms. The van der Waals surface area contributed by atoms with E-state index in [4.69, 9.17) is 33.2 Å². The van der Waals surface area contributed by atoms with E-state index >= 15 is 0 Å². The zero-order valence-corrected chi connectivity index (χ0v) is 39.0. The summed E-state index contributed by atoms with van der Waals surface area (Å²) < 4.78 is 60.2. The Labute approximate surface area is 367 Å². The molecule has 3 aliphatic rings. The van der Waals surface area contributed by atoms with Gasteiger partial charge in [0.25, 0.3) is 0 Å². The quantitative estimate of drug-likeness (QED) is 0.294. The minimum absolute atomic E-state index is 0.0303. The lowest BCUT2D eigenvalue weighted by atomic mass is 9.75. The number of aromatic nitrogens is 3. The molecule has 3 N–H and O–H groups in total. The van der Waals surface area contributed by atoms with E-state index in [0.29, 0.717) is 37.2 Å². The molecule has 1 aromatic carbocycles. The molecule has 17 heteroatoms. The second kappa shape index (κ2) is 21.1. The molecule has 352 valence electrons. The Bertz CT molecular complexity index is 1720. The maximum atomic E-state index is 14.5. The van der Waals surface area contributed by atoms with Crippen molar-refractivity contribution in [1.29, 1.82) is 0 Å². The van der Waals surface area contributed by atoms with Crippen LogP contribution in [0.5, 0.6) is 0 Å². The number of cyclic esters (lactones) is 1. The summed E-state index contributed by atoms with van der Waals surface area (Å²) in [7, 11) is 8.86. The molecule has 62 heavy (non-hydrogen) atoms. The largest absolute Gasteiger partial charge is 0.464 e. The van der Waals surface area contributed by atoms with Crippen LogP contribution in [0, 0.1) is 29.5 Å². The Kier molecular flexibility index (Phi) is 17.1. The highest BCUT2D eigenvalue weighted by atomic mass is 19.1. The van der Waals surface area contributed by atoms with E-state index in [1.54, 1.807) is 50.9 Å². The summed E-state index contributed by atoms with van der Waals surface area (Å²) in [6.07, 6.45) is -4.60. The number of benzene rings is 1. The van der Waals surface area contributed by atoms with E-state index < -0.39 is 84.3 Å². The third-order valence-electron chi connectivity index (χ3n) is 13.9. The van der Waals surface area contributed by atoms with Gasteiger partial charge in [-0.05, 0) is 105 Å². The third-order valence-corrected chi connectivity index (χ3v) is 13.9. The van der Waals surface area contributed by atoms with E-state index in [-0.39, 0.29) is 42.8 Å². The number of methoxy groups -OCH3 is 2. The fourth-order valence-electron chi connectivity index (χ4n) is 9.73. The van der Waals surface area contributed by atoms with Gasteiger partial charge in [-0.25, -0.2) is 4.39 Å². The third kappa shape index (κ3) is 11.6. The predicted molar refractivity (Wildman–Crippen MR) is 228 cm³/mol. The molecule has 0 amide bonds. The Morgan fingerprint density at radius 2 is 1.58 bits per heavy atom. The number of likely N-dealkylation sites (N-methyl/N-ethyl adjacent to an activating group) is 2. The number of carbonyl (C=O) groups excluding carboxylic acids is 1. The summed E-state index contributed by atoms with van der Waals surface area (Å²) in [6, 6.07) is 5.35. The number of halogens is 1. The van der Waals surface area contributed by atoms with Crippen LogP contribution in [0.4, 0.5) is 4.39 Å². The minimum Gasteiger partial charge on any atom is -0.464 e. The second-order valence-electron chi connectivity index (χ2n) is 19.0. The van der Waals surface area contributed by atoms with E-state index in [9.17, 15) is 24.5 Å². The molecular formula is C45H74FN5O11. The number of ether oxygens (including phenoxy) is 7. The number of rotatable bonds is 10. The molecule has 0 unspecified atom stereocenters. The first kappa shape index (κ1) is 50.3. The number of hydrogen-bond acceptors (Lipinski definition) is 15. The average Bonchev–Trinajstić information content (AvgIpc) is 3.70. The van der Waals surface area contributed by atoms with Gasteiger partial charge >= 0.3 is 5.97 Å². The van der Waals surface area contributed by atoms with Crippen LogP contribution in [0.15, 0.2) is 30.5 Å². The van der Waals surface area contributed by atoms with Crippen molar-refractivity contribution < 1.29 is 57.7 Å². The van der Waals surface area contributed by atoms with E-state index in [1.165, 1.54) is 19.2 Å². The summed E-state index contributed by atoms with van der Waals surface area (Å²) in [4.78, 5) is 18.5. The fourth-order valence-corrected chi connectivity index (χ4v) is 9.73. The average molecular weight is 880 g/mol. The highest BCUT2D eigenvalue weighted by Crippen LogP contribution is 2.41. The van der Waals surface area contributed by atoms with Crippen LogP contribution in [-0.4, -0.2) is 173 Å². The number of aliphatic hydroxyl groups is 3. The highest BCUT2D eigenvalue weighted by Gasteiger charge is 2.52. The lowest BCUT2D eigenvalue weighted by molar-refractivity contribution is -0.319. The SMILES string of the molecule is CO[C@]1(C)C[C@@H](C)[C@H](O)[C@H](C)CN(C)[C@H](Cn2cc(-c3ccc(F)cc3)nn2)COC(=O)[C@H](C)[C@@H](O[C@H]2C[C@@](C)(OC)[C@@H](O)[C@H](C)O2)[C@H](C)[C@H]1O[C@@H]1O[C@H](C)C[C@H](N(C)C)[C@H]1O. The van der Waals surface area contributed by atoms with Crippen molar-refractivity contribution in [1.82, 2.24) is 24.8 Å².